The maximum Gasteiger partial charge on any atom is 0.227 e. The van der Waals surface area contributed by atoms with Crippen LogP contribution >= 0.6 is 0 Å². The van der Waals surface area contributed by atoms with Crippen molar-refractivity contribution >= 4 is 34.0 Å². The van der Waals surface area contributed by atoms with Gasteiger partial charge in [-0.1, -0.05) is 19.9 Å². The third-order valence-corrected chi connectivity index (χ3v) is 8.19. The summed E-state index contributed by atoms with van der Waals surface area (Å²) in [5.74, 6) is 0.462. The molecule has 5 aromatic rings. The summed E-state index contributed by atoms with van der Waals surface area (Å²) in [7, 11) is 0. The summed E-state index contributed by atoms with van der Waals surface area (Å²) in [6.45, 7) is 6.31. The van der Waals surface area contributed by atoms with Gasteiger partial charge in [0.2, 0.25) is 5.91 Å². The molecule has 0 bridgehead atoms. The largest absolute Gasteiger partial charge is 0.326 e. The number of benzene rings is 1. The lowest BCUT2D eigenvalue weighted by Gasteiger charge is -2.25. The third-order valence-electron chi connectivity index (χ3n) is 8.19. The van der Waals surface area contributed by atoms with Gasteiger partial charge in [-0.25, -0.2) is 15.0 Å². The number of aromatic amines is 1. The predicted molar refractivity (Wildman–Crippen MR) is 160 cm³/mol. The highest BCUT2D eigenvalue weighted by atomic mass is 16.2. The Morgan fingerprint density at radius 3 is 2.71 bits per heavy atom. The number of H-pyrrole nitrogens is 1. The normalized spacial score (nSPS) is 16.5. The fourth-order valence-corrected chi connectivity index (χ4v) is 5.69. The van der Waals surface area contributed by atoms with Crippen LogP contribution in [-0.4, -0.2) is 41.3 Å². The highest BCUT2D eigenvalue weighted by Gasteiger charge is 2.30. The number of pyridine rings is 2. The van der Waals surface area contributed by atoms with Crippen LogP contribution in [0.25, 0.3) is 27.8 Å². The first kappa shape index (κ1) is 25.3. The third kappa shape index (κ3) is 4.71. The molecule has 1 amide bonds. The Morgan fingerprint density at radius 2 is 1.95 bits per heavy atom. The van der Waals surface area contributed by atoms with E-state index < -0.39 is 0 Å². The molecule has 1 fully saturated rings. The minimum absolute atomic E-state index is 0.108. The average Bonchev–Trinajstić information content (AvgIpc) is 3.64. The van der Waals surface area contributed by atoms with Gasteiger partial charge in [-0.05, 0) is 68.4 Å². The van der Waals surface area contributed by atoms with E-state index in [0.29, 0.717) is 5.65 Å². The van der Waals surface area contributed by atoms with E-state index in [1.54, 1.807) is 0 Å². The van der Waals surface area contributed by atoms with Crippen LogP contribution in [0.15, 0.2) is 60.4 Å². The number of hydrogen-bond acceptors (Lipinski definition) is 6. The smallest absolute Gasteiger partial charge is 0.227 e. The van der Waals surface area contributed by atoms with Crippen molar-refractivity contribution < 1.29 is 4.79 Å². The van der Waals surface area contributed by atoms with E-state index in [-0.39, 0.29) is 17.7 Å². The molecule has 41 heavy (non-hydrogen) atoms. The summed E-state index contributed by atoms with van der Waals surface area (Å²) in [4.78, 5) is 31.2. The molecule has 0 saturated heterocycles. The zero-order valence-corrected chi connectivity index (χ0v) is 23.5. The Kier molecular flexibility index (Phi) is 6.22. The molecule has 1 aliphatic heterocycles. The molecule has 9 heteroatoms. The van der Waals surface area contributed by atoms with Crippen LogP contribution < -0.4 is 5.32 Å². The van der Waals surface area contributed by atoms with E-state index in [9.17, 15) is 4.79 Å². The number of rotatable bonds is 7. The van der Waals surface area contributed by atoms with Crippen molar-refractivity contribution in [3.8, 4) is 16.8 Å². The van der Waals surface area contributed by atoms with Crippen molar-refractivity contribution in [2.75, 3.05) is 5.32 Å². The average molecular weight is 545 g/mol. The van der Waals surface area contributed by atoms with Gasteiger partial charge >= 0.3 is 0 Å². The minimum atomic E-state index is 0.108. The number of nitrogens with zero attached hydrogens (tertiary/aromatic N) is 6. The first-order valence-corrected chi connectivity index (χ1v) is 14.4. The van der Waals surface area contributed by atoms with Gasteiger partial charge in [-0.3, -0.25) is 14.9 Å². The topological polar surface area (TPSA) is 114 Å². The summed E-state index contributed by atoms with van der Waals surface area (Å²) in [6.07, 6.45) is 14.0. The van der Waals surface area contributed by atoms with Crippen LogP contribution in [0.3, 0.4) is 0 Å². The van der Waals surface area contributed by atoms with Gasteiger partial charge in [-0.2, -0.15) is 5.10 Å². The second-order valence-electron chi connectivity index (χ2n) is 11.1. The van der Waals surface area contributed by atoms with Gasteiger partial charge in [0.05, 0.1) is 47.2 Å². The van der Waals surface area contributed by atoms with Crippen molar-refractivity contribution in [1.82, 2.24) is 29.7 Å². The monoisotopic (exact) mass is 544 g/mol. The van der Waals surface area contributed by atoms with Gasteiger partial charge in [0, 0.05) is 46.4 Å². The Morgan fingerprint density at radius 1 is 1.07 bits per heavy atom. The number of fused-ring (bicyclic) bond motifs is 2. The van der Waals surface area contributed by atoms with Gasteiger partial charge in [-0.15, -0.1) is 0 Å². The van der Waals surface area contributed by atoms with Crippen LogP contribution in [0.1, 0.15) is 55.6 Å². The van der Waals surface area contributed by atoms with Gasteiger partial charge in [0.15, 0.2) is 5.65 Å². The lowest BCUT2D eigenvalue weighted by Crippen LogP contribution is -2.23. The summed E-state index contributed by atoms with van der Waals surface area (Å²) in [6, 6.07) is 8.41. The molecule has 1 aliphatic carbocycles. The fraction of sp³-hybridized carbons (Fsp3) is 0.312. The summed E-state index contributed by atoms with van der Waals surface area (Å²) >= 11 is 0. The summed E-state index contributed by atoms with van der Waals surface area (Å²) in [5.41, 5.74) is 10.5. The van der Waals surface area contributed by atoms with Crippen molar-refractivity contribution in [3.63, 3.8) is 0 Å². The number of anilines is 1. The van der Waals surface area contributed by atoms with Crippen molar-refractivity contribution in [2.45, 2.75) is 52.9 Å². The highest BCUT2D eigenvalue weighted by Crippen LogP contribution is 2.37. The highest BCUT2D eigenvalue weighted by molar-refractivity contribution is 6.12. The Hall–Kier alpha value is -4.66. The lowest BCUT2D eigenvalue weighted by molar-refractivity contribution is -0.117. The number of carbonyl (C=O) groups is 1. The molecular formula is C32H32N8O. The fourth-order valence-electron chi connectivity index (χ4n) is 5.69. The molecule has 206 valence electrons. The summed E-state index contributed by atoms with van der Waals surface area (Å²) in [5, 5.41) is 11.8. The van der Waals surface area contributed by atoms with Crippen LogP contribution in [0.2, 0.25) is 0 Å². The molecule has 0 spiro atoms. The predicted octanol–water partition coefficient (Wildman–Crippen LogP) is 6.13. The second-order valence-corrected chi connectivity index (χ2v) is 11.1. The van der Waals surface area contributed by atoms with Crippen molar-refractivity contribution in [2.24, 2.45) is 16.8 Å². The Bertz CT molecular complexity index is 1830. The molecule has 5 heterocycles. The van der Waals surface area contributed by atoms with Crippen LogP contribution in [0, 0.1) is 18.8 Å². The van der Waals surface area contributed by atoms with E-state index in [4.69, 9.17) is 9.98 Å². The number of aryl methyl sites for hydroxylation is 2. The molecule has 1 saturated carbocycles. The molecule has 0 radical (unpaired) electrons. The first-order valence-electron chi connectivity index (χ1n) is 14.4. The molecule has 1 unspecified atom stereocenters. The molecule has 2 N–H and O–H groups in total. The molecular weight excluding hydrogens is 512 g/mol. The second kappa shape index (κ2) is 10.1. The molecule has 2 aliphatic rings. The number of amides is 1. The molecule has 1 atom stereocenters. The first-order chi connectivity index (χ1) is 20.0. The molecule has 7 rings (SSSR count). The Labute approximate surface area is 238 Å². The number of imidazole rings is 1. The molecule has 1 aromatic carbocycles. The van der Waals surface area contributed by atoms with E-state index >= 15 is 0 Å². The van der Waals surface area contributed by atoms with Crippen LogP contribution in [0.4, 0.5) is 11.4 Å². The van der Waals surface area contributed by atoms with E-state index in [1.807, 2.05) is 48.7 Å². The minimum Gasteiger partial charge on any atom is -0.326 e. The van der Waals surface area contributed by atoms with E-state index in [2.05, 4.69) is 57.5 Å². The quantitative estimate of drug-likeness (QED) is 0.256. The number of hydrogen-bond donors (Lipinski definition) is 2. The van der Waals surface area contributed by atoms with E-state index in [0.717, 1.165) is 88.3 Å². The van der Waals surface area contributed by atoms with Gasteiger partial charge < -0.3 is 9.88 Å². The van der Waals surface area contributed by atoms with E-state index in [1.165, 1.54) is 5.56 Å². The standard InChI is InChI=1S/C32H32N8O/c1-4-19-8-22(10-24(9-19)36-32(41)21-6-7-21)23-12-26-30(38-39-31(26)34-13-23)29-20(5-2)11-25-27(37-29)14-33-15-28(25)40-16-18(3)35-17-40/h8-10,12-17,20-21H,4-7,11H2,1-3H3,(H,36,41)(H,34,38,39). The maximum atomic E-state index is 12.5. The molecule has 9 nitrogen and oxygen atoms in total. The number of nitrogens with one attached hydrogen (secondary N) is 2. The zero-order chi connectivity index (χ0) is 28.1. The summed E-state index contributed by atoms with van der Waals surface area (Å²) < 4.78 is 2.03. The Balaban J connectivity index is 1.30. The number of aliphatic imine (C=N–C) groups is 1. The van der Waals surface area contributed by atoms with Gasteiger partial charge in [0.25, 0.3) is 0 Å². The van der Waals surface area contributed by atoms with Crippen molar-refractivity contribution in [1.29, 1.82) is 0 Å². The SMILES string of the molecule is CCc1cc(NC(=O)C2CC2)cc(-c2cnc3n[nH]c(C4=Nc5cncc(-n6cnc(C)c6)c5CC4CC)c3c2)c1. The number of aromatic nitrogens is 6. The van der Waals surface area contributed by atoms with Crippen LogP contribution in [0.5, 0.6) is 0 Å². The molecule has 4 aromatic heterocycles. The van der Waals surface area contributed by atoms with Crippen molar-refractivity contribution in [3.05, 3.63) is 77.9 Å². The number of carbonyl (C=O) groups excluding carboxylic acids is 1. The lowest BCUT2D eigenvalue weighted by atomic mass is 9.86. The van der Waals surface area contributed by atoms with Gasteiger partial charge in [0.1, 0.15) is 0 Å². The van der Waals surface area contributed by atoms with Crippen LogP contribution in [-0.2, 0) is 17.6 Å². The maximum absolute atomic E-state index is 12.5. The zero-order valence-electron chi connectivity index (χ0n) is 23.5.